The molecule has 1 amide bonds. The van der Waals surface area contributed by atoms with Crippen LogP contribution in [-0.4, -0.2) is 15.9 Å². The van der Waals surface area contributed by atoms with Crippen LogP contribution >= 0.6 is 50.7 Å². The average molecular weight is 381 g/mol. The van der Waals surface area contributed by atoms with Crippen LogP contribution in [-0.2, 0) is 0 Å². The van der Waals surface area contributed by atoms with Gasteiger partial charge in [-0.05, 0) is 34.1 Å². The van der Waals surface area contributed by atoms with E-state index < -0.39 is 5.91 Å². The molecule has 0 atom stereocenters. The molecule has 0 unspecified atom stereocenters. The molecule has 0 bridgehead atoms. The highest BCUT2D eigenvalue weighted by atomic mass is 79.9. The summed E-state index contributed by atoms with van der Waals surface area (Å²) in [4.78, 5) is 19.5. The summed E-state index contributed by atoms with van der Waals surface area (Å²) in [7, 11) is 0. The minimum absolute atomic E-state index is 0.0707. The van der Waals surface area contributed by atoms with Crippen molar-refractivity contribution in [1.82, 2.24) is 9.97 Å². The van der Waals surface area contributed by atoms with Crippen molar-refractivity contribution in [1.29, 1.82) is 0 Å². The van der Waals surface area contributed by atoms with Gasteiger partial charge in [0.15, 0.2) is 10.3 Å². The minimum Gasteiger partial charge on any atom is -0.317 e. The molecule has 0 aliphatic rings. The Balaban J connectivity index is 2.28. The molecule has 1 aromatic carbocycles. The van der Waals surface area contributed by atoms with E-state index in [0.29, 0.717) is 15.1 Å². The van der Waals surface area contributed by atoms with Crippen LogP contribution in [0.1, 0.15) is 10.4 Å². The van der Waals surface area contributed by atoms with E-state index in [2.05, 4.69) is 31.2 Å². The highest BCUT2D eigenvalue weighted by molar-refractivity contribution is 9.10. The molecule has 19 heavy (non-hydrogen) atoms. The number of benzene rings is 1. The third kappa shape index (κ3) is 3.36. The molecular formula is C11H5BrCl3N3O. The summed E-state index contributed by atoms with van der Waals surface area (Å²) in [6, 6.07) is 4.77. The number of hydrogen-bond donors (Lipinski definition) is 1. The van der Waals surface area contributed by atoms with E-state index in [1.807, 2.05) is 0 Å². The third-order valence-electron chi connectivity index (χ3n) is 2.18. The summed E-state index contributed by atoms with van der Waals surface area (Å²) in [6.07, 6.45) is 1.21. The van der Waals surface area contributed by atoms with Gasteiger partial charge in [-0.15, -0.1) is 0 Å². The second kappa shape index (κ2) is 6.05. The van der Waals surface area contributed by atoms with Crippen molar-refractivity contribution >= 4 is 62.3 Å². The lowest BCUT2D eigenvalue weighted by molar-refractivity contribution is 0.102. The van der Waals surface area contributed by atoms with Crippen LogP contribution in [0.3, 0.4) is 0 Å². The first-order valence-corrected chi connectivity index (χ1v) is 6.84. The lowest BCUT2D eigenvalue weighted by atomic mass is 10.2. The first-order valence-electron chi connectivity index (χ1n) is 4.91. The zero-order valence-corrected chi connectivity index (χ0v) is 13.0. The Bertz CT molecular complexity index is 631. The molecule has 1 heterocycles. The molecular weight excluding hydrogens is 376 g/mol. The number of hydrogen-bond acceptors (Lipinski definition) is 3. The Morgan fingerprint density at radius 2 is 1.79 bits per heavy atom. The topological polar surface area (TPSA) is 54.9 Å². The Morgan fingerprint density at radius 3 is 2.37 bits per heavy atom. The van der Waals surface area contributed by atoms with E-state index in [-0.39, 0.29) is 16.0 Å². The van der Waals surface area contributed by atoms with Gasteiger partial charge in [0.2, 0.25) is 0 Å². The lowest BCUT2D eigenvalue weighted by Gasteiger charge is -2.08. The molecule has 98 valence electrons. The van der Waals surface area contributed by atoms with Gasteiger partial charge < -0.3 is 5.32 Å². The summed E-state index contributed by atoms with van der Waals surface area (Å²) in [5.41, 5.74) is 0.564. The zero-order chi connectivity index (χ0) is 14.0. The number of rotatable bonds is 2. The number of amides is 1. The second-order valence-corrected chi connectivity index (χ2v) is 5.39. The number of carbonyl (C=O) groups is 1. The van der Waals surface area contributed by atoms with Crippen molar-refractivity contribution in [2.75, 3.05) is 5.32 Å². The van der Waals surface area contributed by atoms with Gasteiger partial charge in [0.1, 0.15) is 12.0 Å². The summed E-state index contributed by atoms with van der Waals surface area (Å²) in [6.45, 7) is 0. The van der Waals surface area contributed by atoms with Crippen molar-refractivity contribution in [2.45, 2.75) is 0 Å². The highest BCUT2D eigenvalue weighted by Gasteiger charge is 2.14. The molecule has 1 N–H and O–H groups in total. The molecule has 0 radical (unpaired) electrons. The SMILES string of the molecule is O=C(Nc1c(Cl)ncnc1Cl)c1ccc(Cl)c(Br)c1. The van der Waals surface area contributed by atoms with Crippen molar-refractivity contribution in [3.63, 3.8) is 0 Å². The summed E-state index contributed by atoms with van der Waals surface area (Å²) in [5.74, 6) is -0.393. The quantitative estimate of drug-likeness (QED) is 0.782. The van der Waals surface area contributed by atoms with Gasteiger partial charge in [-0.3, -0.25) is 4.79 Å². The van der Waals surface area contributed by atoms with Crippen LogP contribution in [0.25, 0.3) is 0 Å². The maximum Gasteiger partial charge on any atom is 0.255 e. The maximum atomic E-state index is 12.0. The largest absolute Gasteiger partial charge is 0.317 e. The number of aromatic nitrogens is 2. The van der Waals surface area contributed by atoms with Gasteiger partial charge in [-0.25, -0.2) is 9.97 Å². The van der Waals surface area contributed by atoms with Gasteiger partial charge in [0.25, 0.3) is 5.91 Å². The summed E-state index contributed by atoms with van der Waals surface area (Å²) in [5, 5.41) is 3.20. The van der Waals surface area contributed by atoms with Crippen molar-refractivity contribution in [3.05, 3.63) is 49.9 Å². The van der Waals surface area contributed by atoms with E-state index >= 15 is 0 Å². The van der Waals surface area contributed by atoms with E-state index in [0.717, 1.165) is 0 Å². The minimum atomic E-state index is -0.393. The van der Waals surface area contributed by atoms with Gasteiger partial charge in [0, 0.05) is 10.0 Å². The van der Waals surface area contributed by atoms with Gasteiger partial charge in [-0.2, -0.15) is 0 Å². The fraction of sp³-hybridized carbons (Fsp3) is 0. The van der Waals surface area contributed by atoms with Gasteiger partial charge in [0.05, 0.1) is 5.02 Å². The molecule has 4 nitrogen and oxygen atoms in total. The number of halogens is 4. The van der Waals surface area contributed by atoms with Crippen LogP contribution < -0.4 is 5.32 Å². The van der Waals surface area contributed by atoms with E-state index in [1.54, 1.807) is 18.2 Å². The molecule has 0 saturated carbocycles. The van der Waals surface area contributed by atoms with Crippen molar-refractivity contribution in [3.8, 4) is 0 Å². The molecule has 2 aromatic rings. The summed E-state index contributed by atoms with van der Waals surface area (Å²) >= 11 is 20.8. The average Bonchev–Trinajstić information content (AvgIpc) is 2.37. The molecule has 0 aliphatic heterocycles. The van der Waals surface area contributed by atoms with Crippen LogP contribution in [0.2, 0.25) is 15.3 Å². The normalized spacial score (nSPS) is 10.3. The standard InChI is InChI=1S/C11H5BrCl3N3O/c12-6-3-5(1-2-7(6)13)11(19)18-8-9(14)16-4-17-10(8)15/h1-4H,(H,18,19). The van der Waals surface area contributed by atoms with Crippen LogP contribution in [0.15, 0.2) is 29.0 Å². The Kier molecular flexibility index (Phi) is 4.62. The molecule has 0 spiro atoms. The predicted octanol–water partition coefficient (Wildman–Crippen LogP) is 4.45. The van der Waals surface area contributed by atoms with Crippen LogP contribution in [0.5, 0.6) is 0 Å². The number of nitrogens with one attached hydrogen (secondary N) is 1. The monoisotopic (exact) mass is 379 g/mol. The van der Waals surface area contributed by atoms with Crippen molar-refractivity contribution < 1.29 is 4.79 Å². The lowest BCUT2D eigenvalue weighted by Crippen LogP contribution is -2.13. The molecule has 0 saturated heterocycles. The van der Waals surface area contributed by atoms with Crippen molar-refractivity contribution in [2.24, 2.45) is 0 Å². The summed E-state index contributed by atoms with van der Waals surface area (Å²) < 4.78 is 0.614. The first kappa shape index (κ1) is 14.5. The number of carbonyl (C=O) groups excluding carboxylic acids is 1. The predicted molar refractivity (Wildman–Crippen MR) is 79.2 cm³/mol. The zero-order valence-electron chi connectivity index (χ0n) is 9.12. The van der Waals surface area contributed by atoms with E-state index in [4.69, 9.17) is 34.8 Å². The first-order chi connectivity index (χ1) is 8.99. The van der Waals surface area contributed by atoms with Gasteiger partial charge >= 0.3 is 0 Å². The number of anilines is 1. The van der Waals surface area contributed by atoms with E-state index in [1.165, 1.54) is 6.33 Å². The molecule has 0 fully saturated rings. The fourth-order valence-electron chi connectivity index (χ4n) is 1.27. The van der Waals surface area contributed by atoms with E-state index in [9.17, 15) is 4.79 Å². The molecule has 8 heteroatoms. The smallest absolute Gasteiger partial charge is 0.255 e. The third-order valence-corrected chi connectivity index (χ3v) is 3.96. The molecule has 1 aromatic heterocycles. The maximum absolute atomic E-state index is 12.0. The Labute approximate surface area is 132 Å². The highest BCUT2D eigenvalue weighted by Crippen LogP contribution is 2.27. The number of nitrogens with zero attached hydrogens (tertiary/aromatic N) is 2. The Hall–Kier alpha value is -0.880. The fourth-order valence-corrected chi connectivity index (χ4v) is 2.18. The molecule has 2 rings (SSSR count). The van der Waals surface area contributed by atoms with Gasteiger partial charge in [-0.1, -0.05) is 34.8 Å². The second-order valence-electron chi connectivity index (χ2n) is 3.41. The Morgan fingerprint density at radius 1 is 1.16 bits per heavy atom. The van der Waals surface area contributed by atoms with Crippen LogP contribution in [0, 0.1) is 0 Å². The van der Waals surface area contributed by atoms with Crippen LogP contribution in [0.4, 0.5) is 5.69 Å². The molecule has 0 aliphatic carbocycles.